The minimum absolute atomic E-state index is 0.293. The summed E-state index contributed by atoms with van der Waals surface area (Å²) in [5, 5.41) is 21.7. The lowest BCUT2D eigenvalue weighted by Crippen LogP contribution is -2.47. The van der Waals surface area contributed by atoms with Crippen LogP contribution in [0.4, 0.5) is 0 Å². The maximum absolute atomic E-state index is 11.0. The fraction of sp³-hybridized carbons (Fsp3) is 0.462. The number of benzene rings is 1. The standard InChI is InChI=1S/C13H19NO3/c1-9(15)13(2,3)14-8-10-6-4-5-7-11(10)12(16)17/h4-7,9,14-15H,8H2,1-3H3,(H,16,17). The van der Waals surface area contributed by atoms with Crippen LogP contribution in [-0.2, 0) is 6.54 Å². The number of hydrogen-bond acceptors (Lipinski definition) is 3. The summed E-state index contributed by atoms with van der Waals surface area (Å²) in [7, 11) is 0. The van der Waals surface area contributed by atoms with Gasteiger partial charge in [0.1, 0.15) is 0 Å². The van der Waals surface area contributed by atoms with E-state index in [2.05, 4.69) is 5.32 Å². The number of nitrogens with one attached hydrogen (secondary N) is 1. The van der Waals surface area contributed by atoms with Gasteiger partial charge in [0.05, 0.1) is 11.7 Å². The first kappa shape index (κ1) is 13.7. The Balaban J connectivity index is 2.79. The van der Waals surface area contributed by atoms with Crippen LogP contribution in [0.15, 0.2) is 24.3 Å². The van der Waals surface area contributed by atoms with Gasteiger partial charge < -0.3 is 15.5 Å². The number of hydrogen-bond donors (Lipinski definition) is 3. The largest absolute Gasteiger partial charge is 0.478 e. The maximum atomic E-state index is 11.0. The molecule has 1 rings (SSSR count). The Morgan fingerprint density at radius 2 is 2.00 bits per heavy atom. The van der Waals surface area contributed by atoms with Crippen molar-refractivity contribution in [3.63, 3.8) is 0 Å². The van der Waals surface area contributed by atoms with E-state index in [0.717, 1.165) is 0 Å². The van der Waals surface area contributed by atoms with Crippen molar-refractivity contribution in [3.8, 4) is 0 Å². The minimum Gasteiger partial charge on any atom is -0.478 e. The zero-order valence-electron chi connectivity index (χ0n) is 10.4. The van der Waals surface area contributed by atoms with Crippen LogP contribution in [0, 0.1) is 0 Å². The second kappa shape index (κ2) is 5.29. The SMILES string of the molecule is CC(O)C(C)(C)NCc1ccccc1C(=O)O. The summed E-state index contributed by atoms with van der Waals surface area (Å²) in [5.74, 6) is -0.933. The lowest BCUT2D eigenvalue weighted by molar-refractivity contribution is 0.0694. The zero-order valence-corrected chi connectivity index (χ0v) is 10.4. The van der Waals surface area contributed by atoms with Crippen molar-refractivity contribution in [3.05, 3.63) is 35.4 Å². The molecule has 0 saturated heterocycles. The van der Waals surface area contributed by atoms with Crippen molar-refractivity contribution in [2.45, 2.75) is 39.0 Å². The first-order chi connectivity index (χ1) is 7.84. The van der Waals surface area contributed by atoms with Crippen molar-refractivity contribution < 1.29 is 15.0 Å². The summed E-state index contributed by atoms with van der Waals surface area (Å²) in [6.07, 6.45) is -0.514. The Morgan fingerprint density at radius 1 is 1.41 bits per heavy atom. The van der Waals surface area contributed by atoms with E-state index in [9.17, 15) is 9.90 Å². The predicted molar refractivity (Wildman–Crippen MR) is 66.0 cm³/mol. The van der Waals surface area contributed by atoms with Gasteiger partial charge in [-0.25, -0.2) is 4.79 Å². The van der Waals surface area contributed by atoms with Crippen LogP contribution in [0.2, 0.25) is 0 Å². The molecule has 0 heterocycles. The van der Waals surface area contributed by atoms with Gasteiger partial charge in [0, 0.05) is 12.1 Å². The van der Waals surface area contributed by atoms with Crippen LogP contribution in [0.3, 0.4) is 0 Å². The van der Waals surface area contributed by atoms with Gasteiger partial charge in [-0.2, -0.15) is 0 Å². The molecule has 0 aliphatic heterocycles. The molecule has 1 unspecified atom stereocenters. The van der Waals surface area contributed by atoms with Crippen molar-refractivity contribution in [2.75, 3.05) is 0 Å². The van der Waals surface area contributed by atoms with Gasteiger partial charge in [-0.05, 0) is 32.4 Å². The molecule has 0 fully saturated rings. The van der Waals surface area contributed by atoms with E-state index in [1.165, 1.54) is 0 Å². The molecule has 0 amide bonds. The number of rotatable bonds is 5. The Labute approximate surface area is 101 Å². The summed E-state index contributed by atoms with van der Waals surface area (Å²) in [4.78, 5) is 11.0. The summed E-state index contributed by atoms with van der Waals surface area (Å²) in [5.41, 5.74) is 0.557. The molecule has 1 aromatic rings. The third-order valence-electron chi connectivity index (χ3n) is 3.03. The lowest BCUT2D eigenvalue weighted by Gasteiger charge is -2.29. The summed E-state index contributed by atoms with van der Waals surface area (Å²) in [6.45, 7) is 5.87. The van der Waals surface area contributed by atoms with Crippen LogP contribution >= 0.6 is 0 Å². The van der Waals surface area contributed by atoms with Crippen LogP contribution in [0.5, 0.6) is 0 Å². The summed E-state index contributed by atoms with van der Waals surface area (Å²) < 4.78 is 0. The van der Waals surface area contributed by atoms with E-state index < -0.39 is 17.6 Å². The van der Waals surface area contributed by atoms with E-state index in [1.54, 1.807) is 31.2 Å². The van der Waals surface area contributed by atoms with Crippen molar-refractivity contribution >= 4 is 5.97 Å². The second-order valence-corrected chi connectivity index (χ2v) is 4.71. The van der Waals surface area contributed by atoms with Gasteiger partial charge in [0.2, 0.25) is 0 Å². The average Bonchev–Trinajstić information content (AvgIpc) is 2.26. The normalized spacial score (nSPS) is 13.4. The molecule has 3 N–H and O–H groups in total. The maximum Gasteiger partial charge on any atom is 0.336 e. The molecule has 0 saturated carbocycles. The zero-order chi connectivity index (χ0) is 13.1. The molecular formula is C13H19NO3. The summed E-state index contributed by atoms with van der Waals surface area (Å²) in [6, 6.07) is 6.86. The van der Waals surface area contributed by atoms with E-state index in [0.29, 0.717) is 17.7 Å². The van der Waals surface area contributed by atoms with Gasteiger partial charge in [-0.3, -0.25) is 0 Å². The smallest absolute Gasteiger partial charge is 0.336 e. The highest BCUT2D eigenvalue weighted by Gasteiger charge is 2.23. The first-order valence-corrected chi connectivity index (χ1v) is 5.59. The minimum atomic E-state index is -0.933. The molecule has 0 radical (unpaired) electrons. The van der Waals surface area contributed by atoms with E-state index >= 15 is 0 Å². The Kier molecular flexibility index (Phi) is 4.26. The number of aliphatic hydroxyl groups excluding tert-OH is 1. The number of aromatic carboxylic acids is 1. The lowest BCUT2D eigenvalue weighted by atomic mass is 9.97. The van der Waals surface area contributed by atoms with Crippen LogP contribution < -0.4 is 5.32 Å². The number of carboxylic acid groups (broad SMARTS) is 1. The molecule has 4 heteroatoms. The first-order valence-electron chi connectivity index (χ1n) is 5.59. The van der Waals surface area contributed by atoms with Crippen molar-refractivity contribution in [1.29, 1.82) is 0 Å². The number of carbonyl (C=O) groups is 1. The molecule has 1 atom stereocenters. The highest BCUT2D eigenvalue weighted by Crippen LogP contribution is 2.13. The quantitative estimate of drug-likeness (QED) is 0.728. The highest BCUT2D eigenvalue weighted by atomic mass is 16.4. The van der Waals surface area contributed by atoms with Gasteiger partial charge in [-0.1, -0.05) is 18.2 Å². The number of aliphatic hydroxyl groups is 1. The van der Waals surface area contributed by atoms with E-state index in [1.807, 2.05) is 13.8 Å². The Bertz CT molecular complexity index is 399. The van der Waals surface area contributed by atoms with Crippen LogP contribution in [-0.4, -0.2) is 27.8 Å². The van der Waals surface area contributed by atoms with Gasteiger partial charge in [0.25, 0.3) is 0 Å². The van der Waals surface area contributed by atoms with Gasteiger partial charge in [-0.15, -0.1) is 0 Å². The highest BCUT2D eigenvalue weighted by molar-refractivity contribution is 5.89. The topological polar surface area (TPSA) is 69.6 Å². The molecule has 94 valence electrons. The van der Waals surface area contributed by atoms with Gasteiger partial charge in [0.15, 0.2) is 0 Å². The van der Waals surface area contributed by atoms with Crippen molar-refractivity contribution in [1.82, 2.24) is 5.32 Å². The van der Waals surface area contributed by atoms with Crippen LogP contribution in [0.25, 0.3) is 0 Å². The monoisotopic (exact) mass is 237 g/mol. The van der Waals surface area contributed by atoms with E-state index in [4.69, 9.17) is 5.11 Å². The average molecular weight is 237 g/mol. The molecule has 1 aromatic carbocycles. The van der Waals surface area contributed by atoms with Gasteiger partial charge >= 0.3 is 5.97 Å². The molecule has 0 aromatic heterocycles. The third-order valence-corrected chi connectivity index (χ3v) is 3.03. The predicted octanol–water partition coefficient (Wildman–Crippen LogP) is 1.63. The number of carboxylic acids is 1. The van der Waals surface area contributed by atoms with E-state index in [-0.39, 0.29) is 0 Å². The summed E-state index contributed by atoms with van der Waals surface area (Å²) >= 11 is 0. The molecule has 0 bridgehead atoms. The molecule has 0 spiro atoms. The molecule has 4 nitrogen and oxygen atoms in total. The molecule has 0 aliphatic carbocycles. The fourth-order valence-electron chi connectivity index (χ4n) is 1.35. The second-order valence-electron chi connectivity index (χ2n) is 4.71. The molecule has 17 heavy (non-hydrogen) atoms. The van der Waals surface area contributed by atoms with Crippen molar-refractivity contribution in [2.24, 2.45) is 0 Å². The molecule has 0 aliphatic rings. The molecular weight excluding hydrogens is 218 g/mol. The Hall–Kier alpha value is -1.39. The fourth-order valence-corrected chi connectivity index (χ4v) is 1.35. The third kappa shape index (κ3) is 3.54. The van der Waals surface area contributed by atoms with Crippen LogP contribution in [0.1, 0.15) is 36.7 Å². The Morgan fingerprint density at radius 3 is 2.53 bits per heavy atom.